The van der Waals surface area contributed by atoms with Crippen molar-refractivity contribution in [3.63, 3.8) is 0 Å². The van der Waals surface area contributed by atoms with Gasteiger partial charge in [-0.05, 0) is 64.9 Å². The molecule has 4 aromatic rings. The highest BCUT2D eigenvalue weighted by molar-refractivity contribution is 5.95. The average molecular weight is 518 g/mol. The number of benzene rings is 4. The third kappa shape index (κ3) is 8.52. The van der Waals surface area contributed by atoms with Crippen molar-refractivity contribution in [1.29, 1.82) is 0 Å². The molecule has 0 bridgehead atoms. The fourth-order valence-electron chi connectivity index (χ4n) is 4.42. The maximum absolute atomic E-state index is 13.3. The van der Waals surface area contributed by atoms with Crippen molar-refractivity contribution >= 4 is 17.9 Å². The minimum absolute atomic E-state index is 0.0177. The molecule has 4 rings (SSSR count). The number of carbonyl (C=O) groups excluding carboxylic acids is 2. The molecule has 0 spiro atoms. The van der Waals surface area contributed by atoms with Crippen LogP contribution in [-0.2, 0) is 17.8 Å². The molecule has 0 fully saturated rings. The molecule has 39 heavy (non-hydrogen) atoms. The van der Waals surface area contributed by atoms with Gasteiger partial charge in [-0.3, -0.25) is 9.59 Å². The number of aryl methyl sites for hydroxylation is 1. The molecule has 3 N–H and O–H groups in total. The molecule has 4 aromatic carbocycles. The molecule has 0 radical (unpaired) electrons. The largest absolute Gasteiger partial charge is 0.351 e. The van der Waals surface area contributed by atoms with Gasteiger partial charge in [0.2, 0.25) is 5.91 Å². The van der Waals surface area contributed by atoms with E-state index in [-0.39, 0.29) is 11.8 Å². The van der Waals surface area contributed by atoms with E-state index in [0.717, 1.165) is 35.1 Å². The summed E-state index contributed by atoms with van der Waals surface area (Å²) in [6.07, 6.45) is 5.30. The maximum Gasteiger partial charge on any atom is 0.251 e. The SMILES string of the molecule is NCCNC(=O)c1cccc(-c2cccc(CN(CCCc3ccccc3)C(=O)C=Cc3ccccc3)c2)c1. The summed E-state index contributed by atoms with van der Waals surface area (Å²) in [7, 11) is 0. The number of nitrogens with one attached hydrogen (secondary N) is 1. The van der Waals surface area contributed by atoms with Crippen molar-refractivity contribution in [3.8, 4) is 11.1 Å². The zero-order chi connectivity index (χ0) is 27.3. The van der Waals surface area contributed by atoms with E-state index >= 15 is 0 Å². The van der Waals surface area contributed by atoms with Gasteiger partial charge >= 0.3 is 0 Å². The van der Waals surface area contributed by atoms with Gasteiger partial charge < -0.3 is 16.0 Å². The summed E-state index contributed by atoms with van der Waals surface area (Å²) in [4.78, 5) is 27.6. The predicted octanol–water partition coefficient (Wildman–Crippen LogP) is 5.72. The van der Waals surface area contributed by atoms with E-state index in [2.05, 4.69) is 23.5 Å². The van der Waals surface area contributed by atoms with E-state index in [1.807, 2.05) is 95.9 Å². The number of amides is 2. The molecule has 0 saturated heterocycles. The van der Waals surface area contributed by atoms with Crippen LogP contribution in [0, 0.1) is 0 Å². The zero-order valence-corrected chi connectivity index (χ0v) is 22.1. The number of nitrogens with two attached hydrogens (primary N) is 1. The van der Waals surface area contributed by atoms with E-state index in [9.17, 15) is 9.59 Å². The van der Waals surface area contributed by atoms with Crippen LogP contribution in [0.5, 0.6) is 0 Å². The first-order chi connectivity index (χ1) is 19.1. The molecule has 5 nitrogen and oxygen atoms in total. The Bertz CT molecular complexity index is 1380. The zero-order valence-electron chi connectivity index (χ0n) is 22.1. The first-order valence-electron chi connectivity index (χ1n) is 13.4. The van der Waals surface area contributed by atoms with E-state index in [4.69, 9.17) is 5.73 Å². The van der Waals surface area contributed by atoms with Gasteiger partial charge in [0.25, 0.3) is 5.91 Å². The smallest absolute Gasteiger partial charge is 0.251 e. The quantitative estimate of drug-likeness (QED) is 0.236. The van der Waals surface area contributed by atoms with Gasteiger partial charge in [0, 0.05) is 37.8 Å². The average Bonchev–Trinajstić information content (AvgIpc) is 2.99. The Morgan fingerprint density at radius 2 is 1.44 bits per heavy atom. The van der Waals surface area contributed by atoms with Gasteiger partial charge in [0.1, 0.15) is 0 Å². The molecule has 0 heterocycles. The van der Waals surface area contributed by atoms with Crippen LogP contribution >= 0.6 is 0 Å². The highest BCUT2D eigenvalue weighted by Gasteiger charge is 2.13. The lowest BCUT2D eigenvalue weighted by molar-refractivity contribution is -0.126. The summed E-state index contributed by atoms with van der Waals surface area (Å²) >= 11 is 0. The first kappa shape index (κ1) is 27.6. The second-order valence-corrected chi connectivity index (χ2v) is 9.42. The van der Waals surface area contributed by atoms with Crippen LogP contribution in [0.15, 0.2) is 115 Å². The van der Waals surface area contributed by atoms with Gasteiger partial charge in [-0.1, -0.05) is 91.0 Å². The topological polar surface area (TPSA) is 75.4 Å². The Morgan fingerprint density at radius 1 is 0.769 bits per heavy atom. The number of hydrogen-bond acceptors (Lipinski definition) is 3. The molecule has 0 unspecified atom stereocenters. The summed E-state index contributed by atoms with van der Waals surface area (Å²) in [5, 5.41) is 2.82. The van der Waals surface area contributed by atoms with Crippen molar-refractivity contribution in [2.45, 2.75) is 19.4 Å². The molecule has 0 saturated carbocycles. The molecular weight excluding hydrogens is 482 g/mol. The summed E-state index contributed by atoms with van der Waals surface area (Å²) < 4.78 is 0. The highest BCUT2D eigenvalue weighted by atomic mass is 16.2. The number of carbonyl (C=O) groups is 2. The van der Waals surface area contributed by atoms with E-state index < -0.39 is 0 Å². The molecule has 0 atom stereocenters. The van der Waals surface area contributed by atoms with Crippen LogP contribution in [0.4, 0.5) is 0 Å². The minimum Gasteiger partial charge on any atom is -0.351 e. The fourth-order valence-corrected chi connectivity index (χ4v) is 4.42. The predicted molar refractivity (Wildman–Crippen MR) is 159 cm³/mol. The summed E-state index contributed by atoms with van der Waals surface area (Å²) in [5.41, 5.74) is 11.3. The normalized spacial score (nSPS) is 10.9. The lowest BCUT2D eigenvalue weighted by Crippen LogP contribution is -2.30. The van der Waals surface area contributed by atoms with Crippen LogP contribution < -0.4 is 11.1 Å². The third-order valence-electron chi connectivity index (χ3n) is 6.45. The van der Waals surface area contributed by atoms with Crippen LogP contribution in [-0.4, -0.2) is 36.3 Å². The monoisotopic (exact) mass is 517 g/mol. The number of hydrogen-bond donors (Lipinski definition) is 2. The van der Waals surface area contributed by atoms with Gasteiger partial charge in [0.05, 0.1) is 0 Å². The fraction of sp³-hybridized carbons (Fsp3) is 0.176. The van der Waals surface area contributed by atoms with Gasteiger partial charge in [-0.2, -0.15) is 0 Å². The van der Waals surface area contributed by atoms with Crippen LogP contribution in [0.3, 0.4) is 0 Å². The molecule has 0 aromatic heterocycles. The molecule has 198 valence electrons. The maximum atomic E-state index is 13.3. The molecule has 5 heteroatoms. The Balaban J connectivity index is 1.50. The summed E-state index contributed by atoms with van der Waals surface area (Å²) in [5.74, 6) is -0.158. The minimum atomic E-state index is -0.140. The van der Waals surface area contributed by atoms with Crippen molar-refractivity contribution in [2.75, 3.05) is 19.6 Å². The van der Waals surface area contributed by atoms with Crippen molar-refractivity contribution in [3.05, 3.63) is 138 Å². The molecule has 2 amide bonds. The highest BCUT2D eigenvalue weighted by Crippen LogP contribution is 2.23. The second-order valence-electron chi connectivity index (χ2n) is 9.42. The van der Waals surface area contributed by atoms with Crippen molar-refractivity contribution in [1.82, 2.24) is 10.2 Å². The van der Waals surface area contributed by atoms with Crippen molar-refractivity contribution in [2.24, 2.45) is 5.73 Å². The van der Waals surface area contributed by atoms with Gasteiger partial charge in [-0.25, -0.2) is 0 Å². The lowest BCUT2D eigenvalue weighted by Gasteiger charge is -2.22. The van der Waals surface area contributed by atoms with E-state index in [0.29, 0.717) is 31.7 Å². The van der Waals surface area contributed by atoms with E-state index in [1.54, 1.807) is 12.1 Å². The third-order valence-corrected chi connectivity index (χ3v) is 6.45. The van der Waals surface area contributed by atoms with Crippen LogP contribution in [0.25, 0.3) is 17.2 Å². The van der Waals surface area contributed by atoms with E-state index in [1.165, 1.54) is 5.56 Å². The molecular formula is C34H35N3O2. The Hall–Kier alpha value is -4.48. The molecule has 0 aliphatic carbocycles. The summed E-state index contributed by atoms with van der Waals surface area (Å²) in [6, 6.07) is 35.9. The first-order valence-corrected chi connectivity index (χ1v) is 13.4. The van der Waals surface area contributed by atoms with Crippen LogP contribution in [0.1, 0.15) is 33.5 Å². The molecule has 0 aliphatic heterocycles. The number of rotatable bonds is 12. The Kier molecular flexibility index (Phi) is 10.2. The second kappa shape index (κ2) is 14.5. The van der Waals surface area contributed by atoms with Crippen LogP contribution in [0.2, 0.25) is 0 Å². The van der Waals surface area contributed by atoms with Crippen molar-refractivity contribution < 1.29 is 9.59 Å². The lowest BCUT2D eigenvalue weighted by atomic mass is 10.0. The number of nitrogens with zero attached hydrogens (tertiary/aromatic N) is 1. The molecule has 0 aliphatic rings. The van der Waals surface area contributed by atoms with Gasteiger partial charge in [0.15, 0.2) is 0 Å². The standard InChI is InChI=1S/C34H35N3O2/c35-21-22-36-34(39)32-18-8-17-31(25-32)30-16-7-14-29(24-30)26-37(23-9-15-27-10-3-1-4-11-27)33(38)20-19-28-12-5-2-6-13-28/h1-8,10-14,16-20,24-25H,9,15,21-23,26,35H2,(H,36,39). The Morgan fingerprint density at radius 3 is 2.18 bits per heavy atom. The van der Waals surface area contributed by atoms with Gasteiger partial charge in [-0.15, -0.1) is 0 Å². The Labute approximate surface area is 231 Å². The summed E-state index contributed by atoms with van der Waals surface area (Å²) in [6.45, 7) is 1.98.